The van der Waals surface area contributed by atoms with Crippen LogP contribution < -0.4 is 0 Å². The van der Waals surface area contributed by atoms with Gasteiger partial charge in [-0.05, 0) is 6.07 Å². The minimum absolute atomic E-state index is 0.258. The molecule has 0 spiro atoms. The Bertz CT molecular complexity index is 828. The molecule has 1 aliphatic rings. The van der Waals surface area contributed by atoms with Crippen molar-refractivity contribution in [3.05, 3.63) is 69.7 Å². The first-order valence-corrected chi connectivity index (χ1v) is 6.66. The van der Waals surface area contributed by atoms with Gasteiger partial charge in [-0.25, -0.2) is 0 Å². The molecule has 2 N–H and O–H groups in total. The minimum atomic E-state index is -1.73. The van der Waals surface area contributed by atoms with Crippen LogP contribution in [0.4, 0.5) is 0 Å². The molecule has 2 nitrogen and oxygen atoms in total. The highest BCUT2D eigenvalue weighted by atomic mass is 35.5. The van der Waals surface area contributed by atoms with E-state index in [9.17, 15) is 10.2 Å². The van der Waals surface area contributed by atoms with Crippen molar-refractivity contribution < 1.29 is 10.2 Å². The van der Waals surface area contributed by atoms with Gasteiger partial charge in [0.25, 0.3) is 0 Å². The highest BCUT2D eigenvalue weighted by molar-refractivity contribution is 6.31. The Balaban J connectivity index is 2.53. The van der Waals surface area contributed by atoms with Crippen molar-refractivity contribution in [2.24, 2.45) is 0 Å². The zero-order valence-corrected chi connectivity index (χ0v) is 11.7. The highest BCUT2D eigenvalue weighted by Crippen LogP contribution is 2.49. The highest BCUT2D eigenvalue weighted by Gasteiger charge is 2.48. The maximum Gasteiger partial charge on any atom is 0.178 e. The minimum Gasteiger partial charge on any atom is -0.369 e. The van der Waals surface area contributed by atoms with Crippen LogP contribution in [0.2, 0.25) is 5.02 Å². The fourth-order valence-corrected chi connectivity index (χ4v) is 3.20. The van der Waals surface area contributed by atoms with E-state index in [-0.39, 0.29) is 10.6 Å². The van der Waals surface area contributed by atoms with Gasteiger partial charge < -0.3 is 10.2 Å². The maximum atomic E-state index is 11.0. The number of terminal acetylenes is 2. The van der Waals surface area contributed by atoms with Crippen molar-refractivity contribution in [2.45, 2.75) is 11.2 Å². The molecule has 2 aromatic rings. The van der Waals surface area contributed by atoms with E-state index in [0.29, 0.717) is 16.7 Å². The SMILES string of the molecule is C#C[C@@]1(O)c2ccccc2[C@](O)(C#C)c2c(Cl)cccc21. The Morgan fingerprint density at radius 3 is 1.90 bits per heavy atom. The molecule has 0 aromatic heterocycles. The topological polar surface area (TPSA) is 40.5 Å². The summed E-state index contributed by atoms with van der Waals surface area (Å²) >= 11 is 6.22. The second kappa shape index (κ2) is 4.38. The number of aliphatic hydroxyl groups is 2. The number of hydrogen-bond acceptors (Lipinski definition) is 2. The average molecular weight is 295 g/mol. The molecule has 0 radical (unpaired) electrons. The zero-order valence-electron chi connectivity index (χ0n) is 11.0. The van der Waals surface area contributed by atoms with E-state index in [0.717, 1.165) is 0 Å². The molecule has 21 heavy (non-hydrogen) atoms. The summed E-state index contributed by atoms with van der Waals surface area (Å²) in [6.45, 7) is 0. The maximum absolute atomic E-state index is 11.0. The van der Waals surface area contributed by atoms with Gasteiger partial charge in [0.15, 0.2) is 11.2 Å². The molecule has 2 aromatic carbocycles. The van der Waals surface area contributed by atoms with Crippen molar-refractivity contribution in [1.29, 1.82) is 0 Å². The summed E-state index contributed by atoms with van der Waals surface area (Å²) in [5.74, 6) is 4.79. The van der Waals surface area contributed by atoms with Gasteiger partial charge in [-0.3, -0.25) is 0 Å². The smallest absolute Gasteiger partial charge is 0.178 e. The van der Waals surface area contributed by atoms with Crippen molar-refractivity contribution in [2.75, 3.05) is 0 Å². The summed E-state index contributed by atoms with van der Waals surface area (Å²) in [4.78, 5) is 0. The van der Waals surface area contributed by atoms with Gasteiger partial charge >= 0.3 is 0 Å². The lowest BCUT2D eigenvalue weighted by Gasteiger charge is -2.40. The van der Waals surface area contributed by atoms with Crippen LogP contribution in [0.3, 0.4) is 0 Å². The summed E-state index contributed by atoms with van der Waals surface area (Å²) in [6.07, 6.45) is 11.1. The monoisotopic (exact) mass is 294 g/mol. The molecular weight excluding hydrogens is 284 g/mol. The molecule has 0 aliphatic heterocycles. The van der Waals surface area contributed by atoms with Gasteiger partial charge in [0, 0.05) is 27.3 Å². The summed E-state index contributed by atoms with van der Waals surface area (Å²) < 4.78 is 0. The molecule has 3 heteroatoms. The number of halogens is 1. The molecule has 1 aliphatic carbocycles. The number of hydrogen-bond donors (Lipinski definition) is 2. The summed E-state index contributed by atoms with van der Waals surface area (Å²) in [5.41, 5.74) is -2.06. The van der Waals surface area contributed by atoms with Gasteiger partial charge in [0.2, 0.25) is 0 Å². The Morgan fingerprint density at radius 1 is 0.810 bits per heavy atom. The first-order valence-electron chi connectivity index (χ1n) is 6.28. The van der Waals surface area contributed by atoms with Crippen LogP contribution >= 0.6 is 11.6 Å². The van der Waals surface area contributed by atoms with Crippen LogP contribution in [0.15, 0.2) is 42.5 Å². The summed E-state index contributed by atoms with van der Waals surface area (Å²) in [6, 6.07) is 11.6. The molecule has 3 rings (SSSR count). The van der Waals surface area contributed by atoms with E-state index < -0.39 is 11.2 Å². The Hall–Kier alpha value is -2.23. The third kappa shape index (κ3) is 1.59. The lowest BCUT2D eigenvalue weighted by Crippen LogP contribution is -2.41. The van der Waals surface area contributed by atoms with Crippen molar-refractivity contribution >= 4 is 11.6 Å². The Morgan fingerprint density at radius 2 is 1.33 bits per heavy atom. The van der Waals surface area contributed by atoms with Gasteiger partial charge in [-0.15, -0.1) is 12.8 Å². The quantitative estimate of drug-likeness (QED) is 0.733. The van der Waals surface area contributed by atoms with Crippen LogP contribution in [-0.2, 0) is 11.2 Å². The van der Waals surface area contributed by atoms with Crippen LogP contribution in [0, 0.1) is 24.7 Å². The van der Waals surface area contributed by atoms with Crippen LogP contribution in [0.1, 0.15) is 22.3 Å². The van der Waals surface area contributed by atoms with Crippen molar-refractivity contribution in [3.63, 3.8) is 0 Å². The Kier molecular flexibility index (Phi) is 2.87. The zero-order chi connectivity index (χ0) is 15.3. The molecule has 0 unspecified atom stereocenters. The van der Waals surface area contributed by atoms with Gasteiger partial charge in [0.1, 0.15) is 0 Å². The first-order chi connectivity index (χ1) is 9.99. The number of fused-ring (bicyclic) bond motifs is 2. The van der Waals surface area contributed by atoms with E-state index in [1.165, 1.54) is 0 Å². The summed E-state index contributed by atoms with van der Waals surface area (Å²) in [7, 11) is 0. The van der Waals surface area contributed by atoms with E-state index in [1.807, 2.05) is 0 Å². The van der Waals surface area contributed by atoms with Gasteiger partial charge in [-0.1, -0.05) is 59.8 Å². The molecule has 0 amide bonds. The molecule has 102 valence electrons. The van der Waals surface area contributed by atoms with Crippen LogP contribution in [0.5, 0.6) is 0 Å². The molecule has 0 saturated carbocycles. The Labute approximate surface area is 128 Å². The van der Waals surface area contributed by atoms with Crippen molar-refractivity contribution in [1.82, 2.24) is 0 Å². The molecule has 0 fully saturated rings. The van der Waals surface area contributed by atoms with E-state index in [4.69, 9.17) is 24.4 Å². The fourth-order valence-electron chi connectivity index (χ4n) is 2.89. The van der Waals surface area contributed by atoms with Crippen LogP contribution in [-0.4, -0.2) is 10.2 Å². The molecule has 0 saturated heterocycles. The summed E-state index contributed by atoms with van der Waals surface area (Å²) in [5, 5.41) is 22.2. The molecular formula is C18H11ClO2. The predicted octanol–water partition coefficient (Wildman–Crippen LogP) is 2.39. The van der Waals surface area contributed by atoms with Crippen LogP contribution in [0.25, 0.3) is 0 Å². The number of rotatable bonds is 0. The third-order valence-electron chi connectivity index (χ3n) is 3.89. The third-order valence-corrected chi connectivity index (χ3v) is 4.20. The standard InChI is InChI=1S/C18H11ClO2/c1-3-17(20)12-8-5-6-9-13(12)18(21,4-2)16-14(17)10-7-11-15(16)19/h1-2,5-11,20-21H/t17-,18-/m1/s1. The first kappa shape index (κ1) is 13.7. The lowest BCUT2D eigenvalue weighted by molar-refractivity contribution is 0.0947. The van der Waals surface area contributed by atoms with Crippen molar-refractivity contribution in [3.8, 4) is 24.7 Å². The fraction of sp³-hybridized carbons (Fsp3) is 0.111. The molecule has 2 atom stereocenters. The second-order valence-electron chi connectivity index (χ2n) is 4.92. The second-order valence-corrected chi connectivity index (χ2v) is 5.32. The van der Waals surface area contributed by atoms with E-state index in [2.05, 4.69) is 11.8 Å². The number of benzene rings is 2. The van der Waals surface area contributed by atoms with Gasteiger partial charge in [-0.2, -0.15) is 0 Å². The van der Waals surface area contributed by atoms with E-state index in [1.54, 1.807) is 42.5 Å². The molecule has 0 bridgehead atoms. The normalized spacial score (nSPS) is 26.1. The average Bonchev–Trinajstić information content (AvgIpc) is 2.52. The largest absolute Gasteiger partial charge is 0.369 e. The van der Waals surface area contributed by atoms with Gasteiger partial charge in [0.05, 0.1) is 0 Å². The molecule has 0 heterocycles. The van der Waals surface area contributed by atoms with E-state index >= 15 is 0 Å². The predicted molar refractivity (Wildman–Crippen MR) is 81.6 cm³/mol. The lowest BCUT2D eigenvalue weighted by atomic mass is 9.68.